The molecule has 0 radical (unpaired) electrons. The van der Waals surface area contributed by atoms with Crippen LogP contribution in [0.5, 0.6) is 0 Å². The first-order valence-corrected chi connectivity index (χ1v) is 8.32. The normalized spacial score (nSPS) is 19.5. The molecule has 3 rings (SSSR count). The van der Waals surface area contributed by atoms with Gasteiger partial charge in [-0.05, 0) is 31.2 Å². The number of amides is 4. The van der Waals surface area contributed by atoms with Gasteiger partial charge in [0.1, 0.15) is 0 Å². The molecule has 1 saturated heterocycles. The van der Waals surface area contributed by atoms with Crippen LogP contribution in [0.4, 0.5) is 23.7 Å². The number of carbonyl (C=O) groups is 3. The molecule has 10 heteroatoms. The summed E-state index contributed by atoms with van der Waals surface area (Å²) in [5.74, 6) is -2.93. The Morgan fingerprint density at radius 3 is 2.29 bits per heavy atom. The van der Waals surface area contributed by atoms with Gasteiger partial charge in [0.2, 0.25) is 0 Å². The quantitative estimate of drug-likeness (QED) is 0.760. The molecule has 1 atom stereocenters. The highest BCUT2D eigenvalue weighted by Crippen LogP contribution is 2.36. The molecule has 0 spiro atoms. The predicted molar refractivity (Wildman–Crippen MR) is 94.9 cm³/mol. The number of nitrogens with zero attached hydrogens (tertiary/aromatic N) is 1. The number of urea groups is 1. The van der Waals surface area contributed by atoms with E-state index in [1.807, 2.05) is 0 Å². The van der Waals surface area contributed by atoms with Gasteiger partial charge in [0.25, 0.3) is 17.5 Å². The van der Waals surface area contributed by atoms with Crippen LogP contribution in [-0.4, -0.2) is 29.7 Å². The minimum atomic E-state index is -5.31. The van der Waals surface area contributed by atoms with Crippen molar-refractivity contribution in [1.29, 1.82) is 0 Å². The van der Waals surface area contributed by atoms with E-state index in [0.29, 0.717) is 4.90 Å². The fourth-order valence-corrected chi connectivity index (χ4v) is 2.91. The number of carbonyl (C=O) groups excluding carboxylic acids is 3. The third-order valence-corrected chi connectivity index (χ3v) is 4.49. The molecule has 1 aliphatic rings. The summed E-state index contributed by atoms with van der Waals surface area (Å²) in [5, 5.41) is 3.08. The number of alkyl halides is 3. The molecule has 4 amide bonds. The Kier molecular flexibility index (Phi) is 4.80. The monoisotopic (exact) mass is 411 g/mol. The van der Waals surface area contributed by atoms with Gasteiger partial charge in [-0.15, -0.1) is 0 Å². The van der Waals surface area contributed by atoms with E-state index in [1.165, 1.54) is 48.5 Å². The van der Waals surface area contributed by atoms with Crippen LogP contribution in [0, 0.1) is 6.92 Å². The first-order chi connectivity index (χ1) is 13.1. The molecule has 2 aromatic rings. The Labute approximate surface area is 162 Å². The second-order valence-corrected chi connectivity index (χ2v) is 6.50. The Morgan fingerprint density at radius 2 is 1.71 bits per heavy atom. The second-order valence-electron chi connectivity index (χ2n) is 6.09. The summed E-state index contributed by atoms with van der Waals surface area (Å²) >= 11 is 5.84. The van der Waals surface area contributed by atoms with E-state index in [1.54, 1.807) is 17.6 Å². The van der Waals surface area contributed by atoms with Gasteiger partial charge in [-0.2, -0.15) is 13.2 Å². The fourth-order valence-electron chi connectivity index (χ4n) is 2.69. The van der Waals surface area contributed by atoms with Crippen molar-refractivity contribution in [1.82, 2.24) is 10.6 Å². The Bertz CT molecular complexity index is 963. The predicted octanol–water partition coefficient (Wildman–Crippen LogP) is 3.39. The van der Waals surface area contributed by atoms with Crippen LogP contribution in [0.2, 0.25) is 5.02 Å². The smallest absolute Gasteiger partial charge is 0.314 e. The van der Waals surface area contributed by atoms with E-state index in [4.69, 9.17) is 11.6 Å². The van der Waals surface area contributed by atoms with Crippen LogP contribution >= 0.6 is 11.6 Å². The van der Waals surface area contributed by atoms with E-state index >= 15 is 0 Å². The zero-order valence-corrected chi connectivity index (χ0v) is 15.1. The highest BCUT2D eigenvalue weighted by atomic mass is 35.5. The van der Waals surface area contributed by atoms with Gasteiger partial charge in [0, 0.05) is 0 Å². The molecule has 0 saturated carbocycles. The van der Waals surface area contributed by atoms with Crippen molar-refractivity contribution >= 4 is 35.1 Å². The molecule has 6 nitrogen and oxygen atoms in total. The average molecular weight is 412 g/mol. The zero-order valence-electron chi connectivity index (χ0n) is 14.3. The zero-order chi connectivity index (χ0) is 20.7. The lowest BCUT2D eigenvalue weighted by Gasteiger charge is -2.30. The SMILES string of the molecule is Cc1ccc(N2C(=O)N[C@](NC(=O)c3ccccc3Cl)(C(F)(F)F)C2=O)cc1. The molecular weight excluding hydrogens is 399 g/mol. The number of nitrogens with one attached hydrogen (secondary N) is 2. The molecule has 0 aromatic heterocycles. The largest absolute Gasteiger partial charge is 0.440 e. The van der Waals surface area contributed by atoms with E-state index in [9.17, 15) is 27.6 Å². The summed E-state index contributed by atoms with van der Waals surface area (Å²) in [7, 11) is 0. The van der Waals surface area contributed by atoms with Gasteiger partial charge >= 0.3 is 12.2 Å². The molecular formula is C18H13ClF3N3O3. The summed E-state index contributed by atoms with van der Waals surface area (Å²) in [6.45, 7) is 1.74. The second kappa shape index (κ2) is 6.83. The van der Waals surface area contributed by atoms with Gasteiger partial charge in [-0.3, -0.25) is 14.9 Å². The van der Waals surface area contributed by atoms with Gasteiger partial charge in [-0.25, -0.2) is 9.69 Å². The lowest BCUT2D eigenvalue weighted by Crippen LogP contribution is -2.69. The molecule has 2 N–H and O–H groups in total. The lowest BCUT2D eigenvalue weighted by molar-refractivity contribution is -0.197. The molecule has 28 heavy (non-hydrogen) atoms. The topological polar surface area (TPSA) is 78.5 Å². The average Bonchev–Trinajstić information content (AvgIpc) is 2.87. The fraction of sp³-hybridized carbons (Fsp3) is 0.167. The number of rotatable bonds is 3. The van der Waals surface area contributed by atoms with E-state index < -0.39 is 29.7 Å². The number of hydrogen-bond donors (Lipinski definition) is 2. The molecule has 1 heterocycles. The van der Waals surface area contributed by atoms with Crippen molar-refractivity contribution in [2.75, 3.05) is 4.90 Å². The maximum absolute atomic E-state index is 13.9. The number of hydrogen-bond acceptors (Lipinski definition) is 3. The van der Waals surface area contributed by atoms with Gasteiger partial charge in [0.15, 0.2) is 0 Å². The number of halogens is 4. The summed E-state index contributed by atoms with van der Waals surface area (Å²) in [4.78, 5) is 37.7. The van der Waals surface area contributed by atoms with Gasteiger partial charge < -0.3 is 5.32 Å². The lowest BCUT2D eigenvalue weighted by atomic mass is 10.1. The summed E-state index contributed by atoms with van der Waals surface area (Å²) < 4.78 is 41.6. The Balaban J connectivity index is 2.02. The van der Waals surface area contributed by atoms with Crippen molar-refractivity contribution in [3.63, 3.8) is 0 Å². The summed E-state index contributed by atoms with van der Waals surface area (Å²) in [6, 6.07) is 9.80. The molecule has 0 unspecified atom stereocenters. The third-order valence-electron chi connectivity index (χ3n) is 4.16. The minimum Gasteiger partial charge on any atom is -0.314 e. The van der Waals surface area contributed by atoms with Gasteiger partial charge in [0.05, 0.1) is 16.3 Å². The number of anilines is 1. The first kappa shape index (κ1) is 19.7. The molecule has 0 bridgehead atoms. The van der Waals surface area contributed by atoms with Crippen LogP contribution in [0.25, 0.3) is 0 Å². The highest BCUT2D eigenvalue weighted by Gasteiger charge is 2.69. The first-order valence-electron chi connectivity index (χ1n) is 7.94. The van der Waals surface area contributed by atoms with Crippen LogP contribution in [0.15, 0.2) is 48.5 Å². The van der Waals surface area contributed by atoms with Crippen LogP contribution in [-0.2, 0) is 4.79 Å². The maximum Gasteiger partial charge on any atom is 0.440 e. The van der Waals surface area contributed by atoms with Crippen LogP contribution in [0.1, 0.15) is 15.9 Å². The molecule has 1 fully saturated rings. The van der Waals surface area contributed by atoms with Crippen molar-refractivity contribution in [3.8, 4) is 0 Å². The molecule has 2 aromatic carbocycles. The number of imide groups is 1. The standard InChI is InChI=1S/C18H13ClF3N3O3/c1-10-6-8-11(9-7-10)25-15(27)17(18(20,21)22,24-16(25)28)23-14(26)12-4-2-3-5-13(12)19/h2-9H,1H3,(H,23,26)(H,24,28)/t17-/m0/s1. The third kappa shape index (κ3) is 3.18. The molecule has 0 aliphatic carbocycles. The number of aryl methyl sites for hydroxylation is 1. The highest BCUT2D eigenvalue weighted by molar-refractivity contribution is 6.34. The summed E-state index contributed by atoms with van der Waals surface area (Å²) in [6.07, 6.45) is -5.31. The van der Waals surface area contributed by atoms with Crippen molar-refractivity contribution in [2.24, 2.45) is 0 Å². The van der Waals surface area contributed by atoms with Crippen molar-refractivity contribution < 1.29 is 27.6 Å². The van der Waals surface area contributed by atoms with E-state index in [-0.39, 0.29) is 16.3 Å². The molecule has 146 valence electrons. The van der Waals surface area contributed by atoms with Crippen molar-refractivity contribution in [2.45, 2.75) is 18.8 Å². The van der Waals surface area contributed by atoms with Gasteiger partial charge in [-0.1, -0.05) is 41.4 Å². The van der Waals surface area contributed by atoms with Crippen molar-refractivity contribution in [3.05, 3.63) is 64.7 Å². The number of benzene rings is 2. The van der Waals surface area contributed by atoms with Crippen LogP contribution < -0.4 is 15.5 Å². The maximum atomic E-state index is 13.9. The Morgan fingerprint density at radius 1 is 1.11 bits per heavy atom. The minimum absolute atomic E-state index is 0.0637. The van der Waals surface area contributed by atoms with E-state index in [2.05, 4.69) is 0 Å². The molecule has 1 aliphatic heterocycles. The van der Waals surface area contributed by atoms with Crippen LogP contribution in [0.3, 0.4) is 0 Å². The summed E-state index contributed by atoms with van der Waals surface area (Å²) in [5.41, 5.74) is -3.18. The van der Waals surface area contributed by atoms with E-state index in [0.717, 1.165) is 5.56 Å². The Hall–Kier alpha value is -3.07.